The van der Waals surface area contributed by atoms with Crippen LogP contribution in [0, 0.1) is 5.92 Å². The summed E-state index contributed by atoms with van der Waals surface area (Å²) in [4.78, 5) is 0. The second kappa shape index (κ2) is 8.34. The Morgan fingerprint density at radius 3 is 2.38 bits per heavy atom. The van der Waals surface area contributed by atoms with Gasteiger partial charge in [-0.2, -0.15) is 0 Å². The van der Waals surface area contributed by atoms with Crippen LogP contribution in [0.1, 0.15) is 66.2 Å². The van der Waals surface area contributed by atoms with Crippen LogP contribution < -0.4 is 0 Å². The van der Waals surface area contributed by atoms with Gasteiger partial charge in [0.15, 0.2) is 0 Å². The molecule has 0 N–H and O–H groups in total. The topological polar surface area (TPSA) is 0 Å². The molecule has 0 aromatic carbocycles. The van der Waals surface area contributed by atoms with Crippen molar-refractivity contribution in [3.8, 4) is 0 Å². The largest absolute Gasteiger partial charge is 0.0854 e. The summed E-state index contributed by atoms with van der Waals surface area (Å²) in [5.41, 5.74) is 1.59. The van der Waals surface area contributed by atoms with Crippen LogP contribution in [0.5, 0.6) is 0 Å². The highest BCUT2D eigenvalue weighted by Crippen LogP contribution is 2.12. The molecule has 0 saturated carbocycles. The van der Waals surface area contributed by atoms with E-state index in [9.17, 15) is 0 Å². The molecule has 0 amide bonds. The number of hydrogen-bond donors (Lipinski definition) is 0. The first-order chi connectivity index (χ1) is 6.16. The highest BCUT2D eigenvalue weighted by Gasteiger charge is 1.93. The quantitative estimate of drug-likeness (QED) is 0.386. The van der Waals surface area contributed by atoms with Gasteiger partial charge >= 0.3 is 0 Å². The van der Waals surface area contributed by atoms with E-state index in [2.05, 4.69) is 33.8 Å². The fraction of sp³-hybridized carbons (Fsp3) is 0.846. The summed E-state index contributed by atoms with van der Waals surface area (Å²) in [7, 11) is 0. The van der Waals surface area contributed by atoms with E-state index in [4.69, 9.17) is 0 Å². The van der Waals surface area contributed by atoms with Gasteiger partial charge in [0.1, 0.15) is 0 Å². The minimum absolute atomic E-state index is 0.811. The summed E-state index contributed by atoms with van der Waals surface area (Å²) < 4.78 is 0. The molecule has 0 aromatic heterocycles. The minimum Gasteiger partial charge on any atom is -0.0854 e. The average molecular weight is 182 g/mol. The van der Waals surface area contributed by atoms with Crippen LogP contribution in [0.2, 0.25) is 0 Å². The molecule has 0 rings (SSSR count). The third-order valence-electron chi connectivity index (χ3n) is 2.36. The fourth-order valence-electron chi connectivity index (χ4n) is 1.37. The van der Waals surface area contributed by atoms with Gasteiger partial charge in [-0.1, -0.05) is 51.7 Å². The van der Waals surface area contributed by atoms with Gasteiger partial charge in [-0.15, -0.1) is 0 Å². The van der Waals surface area contributed by atoms with Crippen molar-refractivity contribution in [1.82, 2.24) is 0 Å². The fourth-order valence-corrected chi connectivity index (χ4v) is 1.37. The van der Waals surface area contributed by atoms with Crippen molar-refractivity contribution in [3.63, 3.8) is 0 Å². The van der Waals surface area contributed by atoms with Crippen LogP contribution in [0.25, 0.3) is 0 Å². The lowest BCUT2D eigenvalue weighted by atomic mass is 10.0. The highest BCUT2D eigenvalue weighted by molar-refractivity contribution is 4.97. The molecular formula is C13H26. The van der Waals surface area contributed by atoms with Crippen LogP contribution in [-0.4, -0.2) is 0 Å². The Balaban J connectivity index is 3.38. The van der Waals surface area contributed by atoms with Crippen LogP contribution >= 0.6 is 0 Å². The van der Waals surface area contributed by atoms with Gasteiger partial charge in [-0.25, -0.2) is 0 Å². The number of hydrogen-bond acceptors (Lipinski definition) is 0. The molecule has 0 unspecified atom stereocenters. The van der Waals surface area contributed by atoms with Gasteiger partial charge in [0.2, 0.25) is 0 Å². The van der Waals surface area contributed by atoms with Gasteiger partial charge in [0, 0.05) is 0 Å². The summed E-state index contributed by atoms with van der Waals surface area (Å²) in [5.74, 6) is 0.811. The SMILES string of the molecule is CCCCCCC(C)=CCC(C)C. The molecule has 13 heavy (non-hydrogen) atoms. The van der Waals surface area contributed by atoms with Crippen LogP contribution in [-0.2, 0) is 0 Å². The zero-order valence-corrected chi connectivity index (χ0v) is 9.90. The zero-order chi connectivity index (χ0) is 10.1. The Hall–Kier alpha value is -0.260. The predicted octanol–water partition coefficient (Wildman–Crippen LogP) is 4.95. The first-order valence-electron chi connectivity index (χ1n) is 5.82. The Bertz CT molecular complexity index is 131. The lowest BCUT2D eigenvalue weighted by Gasteiger charge is -2.03. The summed E-state index contributed by atoms with van der Waals surface area (Å²) in [6.45, 7) is 9.09. The van der Waals surface area contributed by atoms with E-state index >= 15 is 0 Å². The van der Waals surface area contributed by atoms with E-state index in [-0.39, 0.29) is 0 Å². The normalized spacial score (nSPS) is 12.5. The number of unbranched alkanes of at least 4 members (excludes halogenated alkanes) is 3. The Morgan fingerprint density at radius 2 is 1.85 bits per heavy atom. The summed E-state index contributed by atoms with van der Waals surface area (Å²) in [6, 6.07) is 0. The van der Waals surface area contributed by atoms with Crippen molar-refractivity contribution in [2.75, 3.05) is 0 Å². The zero-order valence-electron chi connectivity index (χ0n) is 9.90. The van der Waals surface area contributed by atoms with Gasteiger partial charge < -0.3 is 0 Å². The van der Waals surface area contributed by atoms with Crippen molar-refractivity contribution in [2.45, 2.75) is 66.2 Å². The number of rotatable bonds is 7. The van der Waals surface area contributed by atoms with Crippen molar-refractivity contribution in [2.24, 2.45) is 5.92 Å². The van der Waals surface area contributed by atoms with Crippen molar-refractivity contribution in [1.29, 1.82) is 0 Å². The van der Waals surface area contributed by atoms with Crippen molar-refractivity contribution >= 4 is 0 Å². The standard InChI is InChI=1S/C13H26/c1-5-6-7-8-9-13(4)11-10-12(2)3/h11-12H,5-10H2,1-4H3. The molecule has 0 radical (unpaired) electrons. The molecule has 0 bridgehead atoms. The third-order valence-corrected chi connectivity index (χ3v) is 2.36. The molecule has 0 aliphatic carbocycles. The molecular weight excluding hydrogens is 156 g/mol. The van der Waals surface area contributed by atoms with Crippen molar-refractivity contribution in [3.05, 3.63) is 11.6 Å². The Morgan fingerprint density at radius 1 is 1.15 bits per heavy atom. The van der Waals surface area contributed by atoms with Gasteiger partial charge in [-0.3, -0.25) is 0 Å². The molecule has 0 atom stereocenters. The Kier molecular flexibility index (Phi) is 8.18. The lowest BCUT2D eigenvalue weighted by Crippen LogP contribution is -1.85. The molecule has 0 fully saturated rings. The third kappa shape index (κ3) is 9.66. The van der Waals surface area contributed by atoms with Crippen molar-refractivity contribution < 1.29 is 0 Å². The molecule has 0 nitrogen and oxygen atoms in total. The summed E-state index contributed by atoms with van der Waals surface area (Å²) >= 11 is 0. The number of allylic oxidation sites excluding steroid dienone is 2. The first-order valence-corrected chi connectivity index (χ1v) is 5.82. The molecule has 0 saturated heterocycles. The molecule has 0 aliphatic rings. The van der Waals surface area contributed by atoms with E-state index in [1.165, 1.54) is 38.5 Å². The van der Waals surface area contributed by atoms with Gasteiger partial charge in [0.25, 0.3) is 0 Å². The molecule has 0 spiro atoms. The van der Waals surface area contributed by atoms with Crippen LogP contribution in [0.3, 0.4) is 0 Å². The molecule has 0 aromatic rings. The Labute approximate surface area is 84.4 Å². The first kappa shape index (κ1) is 12.7. The molecule has 0 heteroatoms. The van der Waals surface area contributed by atoms with E-state index < -0.39 is 0 Å². The smallest absolute Gasteiger partial charge is 0.0323 e. The molecule has 0 aliphatic heterocycles. The van der Waals surface area contributed by atoms with E-state index in [0.29, 0.717) is 0 Å². The second-order valence-corrected chi connectivity index (χ2v) is 4.49. The lowest BCUT2D eigenvalue weighted by molar-refractivity contribution is 0.645. The maximum Gasteiger partial charge on any atom is -0.0323 e. The summed E-state index contributed by atoms with van der Waals surface area (Å²) in [6.07, 6.45) is 10.5. The minimum atomic E-state index is 0.811. The maximum atomic E-state index is 2.41. The molecule has 78 valence electrons. The molecule has 0 heterocycles. The average Bonchev–Trinajstić information content (AvgIpc) is 2.09. The van der Waals surface area contributed by atoms with Gasteiger partial charge in [-0.05, 0) is 32.1 Å². The monoisotopic (exact) mass is 182 g/mol. The van der Waals surface area contributed by atoms with Crippen LogP contribution in [0.15, 0.2) is 11.6 Å². The van der Waals surface area contributed by atoms with E-state index in [0.717, 1.165) is 5.92 Å². The summed E-state index contributed by atoms with van der Waals surface area (Å²) in [5, 5.41) is 0. The highest BCUT2D eigenvalue weighted by atomic mass is 14.0. The second-order valence-electron chi connectivity index (χ2n) is 4.49. The van der Waals surface area contributed by atoms with Gasteiger partial charge in [0.05, 0.1) is 0 Å². The van der Waals surface area contributed by atoms with E-state index in [1.54, 1.807) is 5.57 Å². The van der Waals surface area contributed by atoms with Crippen LogP contribution in [0.4, 0.5) is 0 Å². The van der Waals surface area contributed by atoms with E-state index in [1.807, 2.05) is 0 Å². The maximum absolute atomic E-state index is 2.41. The predicted molar refractivity (Wildman–Crippen MR) is 62.0 cm³/mol.